The van der Waals surface area contributed by atoms with Crippen LogP contribution in [0.25, 0.3) is 0 Å². The van der Waals surface area contributed by atoms with E-state index < -0.39 is 12.0 Å². The van der Waals surface area contributed by atoms with E-state index in [1.807, 2.05) is 0 Å². The Morgan fingerprint density at radius 1 is 1.10 bits per heavy atom. The van der Waals surface area contributed by atoms with Crippen LogP contribution in [-0.4, -0.2) is 35.0 Å². The lowest BCUT2D eigenvalue weighted by Crippen LogP contribution is -2.43. The van der Waals surface area contributed by atoms with Crippen molar-refractivity contribution < 1.29 is 19.5 Å². The van der Waals surface area contributed by atoms with Gasteiger partial charge in [0.15, 0.2) is 0 Å². The van der Waals surface area contributed by atoms with Crippen LogP contribution in [0.5, 0.6) is 0 Å². The van der Waals surface area contributed by atoms with Crippen molar-refractivity contribution in [2.24, 2.45) is 5.92 Å². The molecule has 0 aliphatic heterocycles. The molecule has 114 valence electrons. The maximum absolute atomic E-state index is 12.0. The number of rotatable bonds is 6. The summed E-state index contributed by atoms with van der Waals surface area (Å²) >= 11 is 0. The molecule has 0 radical (unpaired) electrons. The van der Waals surface area contributed by atoms with Gasteiger partial charge in [0.2, 0.25) is 11.8 Å². The van der Waals surface area contributed by atoms with E-state index in [2.05, 4.69) is 10.6 Å². The molecular formula is C14H24N2O4. The third-order valence-corrected chi connectivity index (χ3v) is 3.60. The Morgan fingerprint density at radius 3 is 2.25 bits per heavy atom. The van der Waals surface area contributed by atoms with Gasteiger partial charge in [-0.15, -0.1) is 0 Å². The summed E-state index contributed by atoms with van der Waals surface area (Å²) in [4.78, 5) is 34.2. The van der Waals surface area contributed by atoms with Gasteiger partial charge in [-0.1, -0.05) is 19.3 Å². The van der Waals surface area contributed by atoms with E-state index in [1.54, 1.807) is 6.92 Å². The van der Waals surface area contributed by atoms with Crippen LogP contribution in [-0.2, 0) is 14.4 Å². The van der Waals surface area contributed by atoms with Crippen LogP contribution in [0.1, 0.15) is 52.4 Å². The molecule has 0 bridgehead atoms. The van der Waals surface area contributed by atoms with Crippen LogP contribution in [0.15, 0.2) is 0 Å². The average Bonchev–Trinajstić information content (AvgIpc) is 2.39. The molecule has 0 aromatic rings. The summed E-state index contributed by atoms with van der Waals surface area (Å²) in [6.07, 6.45) is 5.29. The molecule has 0 spiro atoms. The fourth-order valence-electron chi connectivity index (χ4n) is 2.42. The highest BCUT2D eigenvalue weighted by Crippen LogP contribution is 2.23. The molecule has 1 aliphatic rings. The van der Waals surface area contributed by atoms with Crippen molar-refractivity contribution in [1.82, 2.24) is 10.6 Å². The quantitative estimate of drug-likeness (QED) is 0.679. The molecule has 0 aromatic heterocycles. The standard InChI is InChI=1S/C14H24N2O4/c1-9(8-12(17)16-10(2)14(19)20)15-13(18)11-6-4-3-5-7-11/h9-11H,3-8H2,1-2H3,(H,15,18)(H,16,17)(H,19,20)/t9?,10-/m0/s1. The van der Waals surface area contributed by atoms with Crippen molar-refractivity contribution in [3.05, 3.63) is 0 Å². The molecule has 1 fully saturated rings. The zero-order valence-corrected chi connectivity index (χ0v) is 12.1. The molecule has 2 amide bonds. The van der Waals surface area contributed by atoms with E-state index in [-0.39, 0.29) is 30.2 Å². The Hall–Kier alpha value is -1.59. The first-order valence-electron chi connectivity index (χ1n) is 7.22. The zero-order chi connectivity index (χ0) is 15.1. The summed E-state index contributed by atoms with van der Waals surface area (Å²) in [5.41, 5.74) is 0. The predicted octanol–water partition coefficient (Wildman–Crippen LogP) is 1.05. The molecule has 0 aromatic carbocycles. The van der Waals surface area contributed by atoms with Crippen LogP contribution in [0.3, 0.4) is 0 Å². The van der Waals surface area contributed by atoms with Gasteiger partial charge in [0, 0.05) is 18.4 Å². The van der Waals surface area contributed by atoms with Crippen molar-refractivity contribution >= 4 is 17.8 Å². The summed E-state index contributed by atoms with van der Waals surface area (Å²) in [6, 6.07) is -1.20. The minimum Gasteiger partial charge on any atom is -0.480 e. The number of carboxylic acids is 1. The van der Waals surface area contributed by atoms with Gasteiger partial charge in [-0.2, -0.15) is 0 Å². The lowest BCUT2D eigenvalue weighted by atomic mass is 9.88. The third-order valence-electron chi connectivity index (χ3n) is 3.60. The zero-order valence-electron chi connectivity index (χ0n) is 12.1. The second-order valence-electron chi connectivity index (χ2n) is 5.58. The van der Waals surface area contributed by atoms with Crippen LogP contribution >= 0.6 is 0 Å². The van der Waals surface area contributed by atoms with Gasteiger partial charge < -0.3 is 15.7 Å². The fraction of sp³-hybridized carbons (Fsp3) is 0.786. The first-order valence-corrected chi connectivity index (χ1v) is 7.22. The Balaban J connectivity index is 2.31. The molecule has 0 saturated heterocycles. The van der Waals surface area contributed by atoms with Gasteiger partial charge in [-0.25, -0.2) is 0 Å². The summed E-state index contributed by atoms with van der Waals surface area (Å²) in [5.74, 6) is -1.36. The summed E-state index contributed by atoms with van der Waals surface area (Å²) in [5, 5.41) is 13.9. The van der Waals surface area contributed by atoms with Crippen molar-refractivity contribution in [3.63, 3.8) is 0 Å². The minimum atomic E-state index is -1.07. The molecule has 1 unspecified atom stereocenters. The number of aliphatic carboxylic acids is 1. The Bertz CT molecular complexity index is 364. The van der Waals surface area contributed by atoms with E-state index in [4.69, 9.17) is 5.11 Å². The second kappa shape index (κ2) is 7.87. The molecule has 1 rings (SSSR count). The van der Waals surface area contributed by atoms with E-state index in [1.165, 1.54) is 13.3 Å². The Morgan fingerprint density at radius 2 is 1.70 bits per heavy atom. The molecular weight excluding hydrogens is 260 g/mol. The summed E-state index contributed by atoms with van der Waals surface area (Å²) in [7, 11) is 0. The maximum Gasteiger partial charge on any atom is 0.325 e. The van der Waals surface area contributed by atoms with Crippen LogP contribution < -0.4 is 10.6 Å². The first kappa shape index (κ1) is 16.5. The number of nitrogens with one attached hydrogen (secondary N) is 2. The number of hydrogen-bond donors (Lipinski definition) is 3. The van der Waals surface area contributed by atoms with E-state index in [0.29, 0.717) is 0 Å². The summed E-state index contributed by atoms with van der Waals surface area (Å²) in [6.45, 7) is 3.16. The topological polar surface area (TPSA) is 95.5 Å². The predicted molar refractivity (Wildman–Crippen MR) is 74.0 cm³/mol. The lowest BCUT2D eigenvalue weighted by Gasteiger charge is -2.23. The monoisotopic (exact) mass is 284 g/mol. The number of carbonyl (C=O) groups is 3. The van der Waals surface area contributed by atoms with Crippen LogP contribution in [0.4, 0.5) is 0 Å². The normalized spacial score (nSPS) is 18.9. The molecule has 20 heavy (non-hydrogen) atoms. The smallest absolute Gasteiger partial charge is 0.325 e. The van der Waals surface area contributed by atoms with Gasteiger partial charge in [-0.05, 0) is 26.7 Å². The molecule has 6 nitrogen and oxygen atoms in total. The van der Waals surface area contributed by atoms with Gasteiger partial charge in [0.25, 0.3) is 0 Å². The first-order chi connectivity index (χ1) is 9.40. The minimum absolute atomic E-state index is 0.0104. The Labute approximate surface area is 119 Å². The molecule has 2 atom stereocenters. The van der Waals surface area contributed by atoms with Gasteiger partial charge in [-0.3, -0.25) is 14.4 Å². The fourth-order valence-corrected chi connectivity index (χ4v) is 2.42. The van der Waals surface area contributed by atoms with Gasteiger partial charge in [0.05, 0.1) is 0 Å². The SMILES string of the molecule is CC(CC(=O)N[C@@H](C)C(=O)O)NC(=O)C1CCCCC1. The van der Waals surface area contributed by atoms with Crippen LogP contribution in [0.2, 0.25) is 0 Å². The molecule has 3 N–H and O–H groups in total. The molecule has 1 saturated carbocycles. The van der Waals surface area contributed by atoms with Crippen molar-refractivity contribution in [2.75, 3.05) is 0 Å². The van der Waals surface area contributed by atoms with E-state index >= 15 is 0 Å². The number of amides is 2. The molecule has 6 heteroatoms. The van der Waals surface area contributed by atoms with Crippen LogP contribution in [0, 0.1) is 5.92 Å². The van der Waals surface area contributed by atoms with Gasteiger partial charge >= 0.3 is 5.97 Å². The number of carbonyl (C=O) groups excluding carboxylic acids is 2. The largest absolute Gasteiger partial charge is 0.480 e. The third kappa shape index (κ3) is 5.59. The van der Waals surface area contributed by atoms with Crippen molar-refractivity contribution in [1.29, 1.82) is 0 Å². The molecule has 1 aliphatic carbocycles. The van der Waals surface area contributed by atoms with Gasteiger partial charge in [0.1, 0.15) is 6.04 Å². The highest BCUT2D eigenvalue weighted by Gasteiger charge is 2.23. The van der Waals surface area contributed by atoms with E-state index in [9.17, 15) is 14.4 Å². The highest BCUT2D eigenvalue weighted by atomic mass is 16.4. The molecule has 0 heterocycles. The van der Waals surface area contributed by atoms with Crippen molar-refractivity contribution in [2.45, 2.75) is 64.5 Å². The average molecular weight is 284 g/mol. The van der Waals surface area contributed by atoms with Crippen molar-refractivity contribution in [3.8, 4) is 0 Å². The van der Waals surface area contributed by atoms with E-state index in [0.717, 1.165) is 25.7 Å². The number of carboxylic acid groups (broad SMARTS) is 1. The Kier molecular flexibility index (Phi) is 6.48. The second-order valence-corrected chi connectivity index (χ2v) is 5.58. The highest BCUT2D eigenvalue weighted by molar-refractivity contribution is 5.84. The maximum atomic E-state index is 12.0. The number of hydrogen-bond acceptors (Lipinski definition) is 3. The lowest BCUT2D eigenvalue weighted by molar-refractivity contribution is -0.141. The summed E-state index contributed by atoms with van der Waals surface area (Å²) < 4.78 is 0.